The summed E-state index contributed by atoms with van der Waals surface area (Å²) in [5.74, 6) is 0. The molecule has 0 saturated heterocycles. The lowest BCUT2D eigenvalue weighted by Crippen LogP contribution is -2.09. The minimum Gasteiger partial charge on any atom is -0.365 e. The van der Waals surface area contributed by atoms with Gasteiger partial charge in [0.1, 0.15) is 0 Å². The van der Waals surface area contributed by atoms with Crippen molar-refractivity contribution in [2.24, 2.45) is 0 Å². The highest BCUT2D eigenvalue weighted by Crippen LogP contribution is 2.16. The molecule has 1 aromatic carbocycles. The predicted molar refractivity (Wildman–Crippen MR) is 62.7 cm³/mol. The molecule has 0 unspecified atom stereocenters. The summed E-state index contributed by atoms with van der Waals surface area (Å²) >= 11 is 0. The predicted octanol–water partition coefficient (Wildman–Crippen LogP) is 2.76. The number of hydrogen-bond acceptors (Lipinski definition) is 3. The molecule has 78 valence electrons. The first-order chi connectivity index (χ1) is 7.90. The highest BCUT2D eigenvalue weighted by atomic mass is 14.9. The van der Waals surface area contributed by atoms with E-state index < -0.39 is 6.04 Å². The van der Waals surface area contributed by atoms with Crippen molar-refractivity contribution >= 4 is 5.69 Å². The second-order valence-corrected chi connectivity index (χ2v) is 3.33. The van der Waals surface area contributed by atoms with Crippen molar-refractivity contribution < 1.29 is 0 Å². The van der Waals surface area contributed by atoms with E-state index in [0.29, 0.717) is 0 Å². The van der Waals surface area contributed by atoms with Crippen LogP contribution in [-0.2, 0) is 0 Å². The summed E-state index contributed by atoms with van der Waals surface area (Å²) in [6.45, 7) is 0. The van der Waals surface area contributed by atoms with Gasteiger partial charge in [0, 0.05) is 11.9 Å². The van der Waals surface area contributed by atoms with Gasteiger partial charge in [-0.1, -0.05) is 24.3 Å². The van der Waals surface area contributed by atoms with Crippen LogP contribution in [0.3, 0.4) is 0 Å². The standard InChI is InChI=1S/C13H11N3/c14-10-13(12-8-4-5-9-15-12)16-11-6-2-1-3-7-11/h1-9,13,16H/t13-/m0/s1. The highest BCUT2D eigenvalue weighted by molar-refractivity contribution is 5.46. The van der Waals surface area contributed by atoms with Crippen LogP contribution in [0.5, 0.6) is 0 Å². The Morgan fingerprint density at radius 3 is 2.44 bits per heavy atom. The Bertz CT molecular complexity index is 474. The van der Waals surface area contributed by atoms with Crippen molar-refractivity contribution in [1.82, 2.24) is 4.98 Å². The average Bonchev–Trinajstić information content (AvgIpc) is 2.38. The zero-order valence-electron chi connectivity index (χ0n) is 8.67. The first-order valence-electron chi connectivity index (χ1n) is 5.02. The number of nitrogens with one attached hydrogen (secondary N) is 1. The second-order valence-electron chi connectivity index (χ2n) is 3.33. The molecule has 1 aromatic heterocycles. The fourth-order valence-corrected chi connectivity index (χ4v) is 1.42. The van der Waals surface area contributed by atoms with E-state index in [9.17, 15) is 0 Å². The third-order valence-electron chi connectivity index (χ3n) is 2.20. The third kappa shape index (κ3) is 2.37. The monoisotopic (exact) mass is 209 g/mol. The quantitative estimate of drug-likeness (QED) is 0.845. The van der Waals surface area contributed by atoms with Gasteiger partial charge in [-0.2, -0.15) is 5.26 Å². The molecule has 2 rings (SSSR count). The van der Waals surface area contributed by atoms with Crippen molar-refractivity contribution in [1.29, 1.82) is 5.26 Å². The van der Waals surface area contributed by atoms with Crippen LogP contribution in [0.25, 0.3) is 0 Å². The van der Waals surface area contributed by atoms with Crippen LogP contribution in [0, 0.1) is 11.3 Å². The molecule has 0 spiro atoms. The summed E-state index contributed by atoms with van der Waals surface area (Å²) in [6.07, 6.45) is 1.69. The molecule has 0 aliphatic rings. The van der Waals surface area contributed by atoms with Crippen LogP contribution in [0.15, 0.2) is 54.7 Å². The normalized spacial score (nSPS) is 11.4. The SMILES string of the molecule is N#C[C@H](Nc1ccccc1)c1ccccn1. The van der Waals surface area contributed by atoms with E-state index in [4.69, 9.17) is 5.26 Å². The van der Waals surface area contributed by atoms with Gasteiger partial charge in [-0.3, -0.25) is 4.98 Å². The van der Waals surface area contributed by atoms with Gasteiger partial charge in [0.2, 0.25) is 0 Å². The van der Waals surface area contributed by atoms with Gasteiger partial charge in [-0.25, -0.2) is 0 Å². The molecule has 0 amide bonds. The van der Waals surface area contributed by atoms with E-state index in [0.717, 1.165) is 11.4 Å². The maximum atomic E-state index is 9.09. The minimum absolute atomic E-state index is 0.413. The Morgan fingerprint density at radius 1 is 1.06 bits per heavy atom. The molecule has 0 saturated carbocycles. The number of nitriles is 1. The van der Waals surface area contributed by atoms with Gasteiger partial charge in [0.15, 0.2) is 6.04 Å². The van der Waals surface area contributed by atoms with Gasteiger partial charge >= 0.3 is 0 Å². The van der Waals surface area contributed by atoms with E-state index in [1.54, 1.807) is 6.20 Å². The second kappa shape index (κ2) is 4.94. The van der Waals surface area contributed by atoms with Crippen LogP contribution >= 0.6 is 0 Å². The molecule has 1 atom stereocenters. The molecular formula is C13H11N3. The summed E-state index contributed by atoms with van der Waals surface area (Å²) < 4.78 is 0. The number of aromatic nitrogens is 1. The van der Waals surface area contributed by atoms with Crippen LogP contribution in [0.2, 0.25) is 0 Å². The molecule has 3 heteroatoms. The van der Waals surface area contributed by atoms with Crippen LogP contribution < -0.4 is 5.32 Å². The zero-order chi connectivity index (χ0) is 11.2. The van der Waals surface area contributed by atoms with Crippen LogP contribution in [-0.4, -0.2) is 4.98 Å². The van der Waals surface area contributed by atoms with Crippen molar-refractivity contribution in [3.05, 3.63) is 60.4 Å². The lowest BCUT2D eigenvalue weighted by molar-refractivity contribution is 0.934. The van der Waals surface area contributed by atoms with Crippen molar-refractivity contribution in [2.75, 3.05) is 5.32 Å². The highest BCUT2D eigenvalue weighted by Gasteiger charge is 2.10. The van der Waals surface area contributed by atoms with Crippen LogP contribution in [0.4, 0.5) is 5.69 Å². The fourth-order valence-electron chi connectivity index (χ4n) is 1.42. The van der Waals surface area contributed by atoms with E-state index in [1.807, 2.05) is 48.5 Å². The van der Waals surface area contributed by atoms with Crippen LogP contribution in [0.1, 0.15) is 11.7 Å². The number of pyridine rings is 1. The average molecular weight is 209 g/mol. The van der Waals surface area contributed by atoms with Crippen molar-refractivity contribution in [3.8, 4) is 6.07 Å². The first kappa shape index (κ1) is 10.2. The maximum Gasteiger partial charge on any atom is 0.157 e. The maximum absolute atomic E-state index is 9.09. The molecule has 0 aliphatic carbocycles. The lowest BCUT2D eigenvalue weighted by Gasteiger charge is -2.11. The molecule has 0 bridgehead atoms. The number of rotatable bonds is 3. The minimum atomic E-state index is -0.413. The molecule has 1 N–H and O–H groups in total. The van der Waals surface area contributed by atoms with E-state index in [1.165, 1.54) is 0 Å². The van der Waals surface area contributed by atoms with E-state index in [-0.39, 0.29) is 0 Å². The summed E-state index contributed by atoms with van der Waals surface area (Å²) in [4.78, 5) is 4.16. The molecule has 16 heavy (non-hydrogen) atoms. The lowest BCUT2D eigenvalue weighted by atomic mass is 10.2. The Morgan fingerprint density at radius 2 is 1.81 bits per heavy atom. The number of para-hydroxylation sites is 1. The largest absolute Gasteiger partial charge is 0.365 e. The number of nitrogens with zero attached hydrogens (tertiary/aromatic N) is 2. The summed E-state index contributed by atoms with van der Waals surface area (Å²) in [5, 5.41) is 12.2. The van der Waals surface area contributed by atoms with E-state index >= 15 is 0 Å². The molecule has 2 aromatic rings. The number of hydrogen-bond donors (Lipinski definition) is 1. The topological polar surface area (TPSA) is 48.7 Å². The molecule has 0 fully saturated rings. The smallest absolute Gasteiger partial charge is 0.157 e. The summed E-state index contributed by atoms with van der Waals surface area (Å²) in [6, 6.07) is 17.0. The Labute approximate surface area is 94.4 Å². The molecule has 0 radical (unpaired) electrons. The van der Waals surface area contributed by atoms with Crippen molar-refractivity contribution in [3.63, 3.8) is 0 Å². The molecule has 0 aliphatic heterocycles. The van der Waals surface area contributed by atoms with Gasteiger partial charge in [0.05, 0.1) is 11.8 Å². The van der Waals surface area contributed by atoms with Gasteiger partial charge in [0.25, 0.3) is 0 Å². The van der Waals surface area contributed by atoms with E-state index in [2.05, 4.69) is 16.4 Å². The molecular weight excluding hydrogens is 198 g/mol. The van der Waals surface area contributed by atoms with Gasteiger partial charge in [-0.15, -0.1) is 0 Å². The van der Waals surface area contributed by atoms with Gasteiger partial charge < -0.3 is 5.32 Å². The first-order valence-corrected chi connectivity index (χ1v) is 5.02. The Kier molecular flexibility index (Phi) is 3.15. The molecule has 3 nitrogen and oxygen atoms in total. The summed E-state index contributed by atoms with van der Waals surface area (Å²) in [5.41, 5.74) is 1.65. The van der Waals surface area contributed by atoms with Crippen molar-refractivity contribution in [2.45, 2.75) is 6.04 Å². The fraction of sp³-hybridized carbons (Fsp3) is 0.0769. The Balaban J connectivity index is 2.17. The molecule has 1 heterocycles. The Hall–Kier alpha value is -2.34. The number of benzene rings is 1. The zero-order valence-corrected chi connectivity index (χ0v) is 8.67. The third-order valence-corrected chi connectivity index (χ3v) is 2.20. The number of anilines is 1. The van der Waals surface area contributed by atoms with Gasteiger partial charge in [-0.05, 0) is 24.3 Å². The summed E-state index contributed by atoms with van der Waals surface area (Å²) in [7, 11) is 0.